The van der Waals surface area contributed by atoms with Crippen LogP contribution in [-0.4, -0.2) is 23.5 Å². The number of pyridine rings is 1. The molecule has 2 atom stereocenters. The molecule has 2 unspecified atom stereocenters. The zero-order chi connectivity index (χ0) is 12.3. The fraction of sp³-hybridized carbons (Fsp3) is 0.538. The summed E-state index contributed by atoms with van der Waals surface area (Å²) >= 11 is 0. The number of carbonyl (C=O) groups excluding carboxylic acids is 1. The summed E-state index contributed by atoms with van der Waals surface area (Å²) in [6.45, 7) is 2.54. The molecule has 1 heterocycles. The van der Waals surface area contributed by atoms with Crippen molar-refractivity contribution in [3.8, 4) is 0 Å². The standard InChI is InChI=1S/C13H19N3O/c1-9-4-3-7-15-12(9)13(17)16-11-6-2-5-10(11)8-14/h3-4,7,10-11H,2,5-6,8,14H2,1H3,(H,16,17). The summed E-state index contributed by atoms with van der Waals surface area (Å²) in [6.07, 6.45) is 4.94. The molecule has 0 saturated heterocycles. The van der Waals surface area contributed by atoms with Crippen LogP contribution in [0.1, 0.15) is 35.3 Å². The molecule has 4 nitrogen and oxygen atoms in total. The number of nitrogens with zero attached hydrogens (tertiary/aromatic N) is 1. The molecule has 92 valence electrons. The van der Waals surface area contributed by atoms with Gasteiger partial charge in [-0.2, -0.15) is 0 Å². The van der Waals surface area contributed by atoms with Crippen LogP contribution >= 0.6 is 0 Å². The second-order valence-corrected chi connectivity index (χ2v) is 4.68. The van der Waals surface area contributed by atoms with E-state index in [1.807, 2.05) is 19.1 Å². The molecule has 1 amide bonds. The molecule has 1 aromatic rings. The van der Waals surface area contributed by atoms with Gasteiger partial charge < -0.3 is 11.1 Å². The van der Waals surface area contributed by atoms with Gasteiger partial charge in [0.05, 0.1) is 0 Å². The number of nitrogens with one attached hydrogen (secondary N) is 1. The number of hydrogen-bond donors (Lipinski definition) is 2. The van der Waals surface area contributed by atoms with Crippen molar-refractivity contribution in [1.29, 1.82) is 0 Å². The van der Waals surface area contributed by atoms with E-state index in [0.29, 0.717) is 18.2 Å². The summed E-state index contributed by atoms with van der Waals surface area (Å²) in [7, 11) is 0. The maximum absolute atomic E-state index is 12.1. The number of carbonyl (C=O) groups is 1. The minimum Gasteiger partial charge on any atom is -0.348 e. The predicted octanol–water partition coefficient (Wildman–Crippen LogP) is 1.25. The Hall–Kier alpha value is -1.42. The molecule has 0 radical (unpaired) electrons. The first-order valence-electron chi connectivity index (χ1n) is 6.15. The van der Waals surface area contributed by atoms with E-state index in [2.05, 4.69) is 10.3 Å². The van der Waals surface area contributed by atoms with Crippen molar-refractivity contribution < 1.29 is 4.79 Å². The van der Waals surface area contributed by atoms with Crippen LogP contribution < -0.4 is 11.1 Å². The van der Waals surface area contributed by atoms with Gasteiger partial charge in [0.15, 0.2) is 0 Å². The Labute approximate surface area is 102 Å². The van der Waals surface area contributed by atoms with Crippen molar-refractivity contribution in [3.63, 3.8) is 0 Å². The SMILES string of the molecule is Cc1cccnc1C(=O)NC1CCCC1CN. The Balaban J connectivity index is 2.04. The molecule has 1 aliphatic carbocycles. The first-order chi connectivity index (χ1) is 8.22. The molecule has 0 aliphatic heterocycles. The predicted molar refractivity (Wildman–Crippen MR) is 66.6 cm³/mol. The van der Waals surface area contributed by atoms with E-state index in [4.69, 9.17) is 5.73 Å². The number of amides is 1. The summed E-state index contributed by atoms with van der Waals surface area (Å²) in [5, 5.41) is 3.06. The molecule has 4 heteroatoms. The molecule has 1 saturated carbocycles. The summed E-state index contributed by atoms with van der Waals surface area (Å²) in [5.74, 6) is 0.344. The zero-order valence-corrected chi connectivity index (χ0v) is 10.1. The van der Waals surface area contributed by atoms with Gasteiger partial charge in [-0.05, 0) is 43.9 Å². The van der Waals surface area contributed by atoms with E-state index in [9.17, 15) is 4.79 Å². The average Bonchev–Trinajstić information content (AvgIpc) is 2.76. The molecule has 2 rings (SSSR count). The molecule has 0 bridgehead atoms. The van der Waals surface area contributed by atoms with Crippen molar-refractivity contribution in [2.45, 2.75) is 32.2 Å². The maximum atomic E-state index is 12.1. The molecule has 0 aromatic carbocycles. The van der Waals surface area contributed by atoms with Gasteiger partial charge in [-0.3, -0.25) is 9.78 Å². The number of rotatable bonds is 3. The van der Waals surface area contributed by atoms with Crippen molar-refractivity contribution in [1.82, 2.24) is 10.3 Å². The Morgan fingerprint density at radius 2 is 2.41 bits per heavy atom. The van der Waals surface area contributed by atoms with Gasteiger partial charge in [-0.15, -0.1) is 0 Å². The smallest absolute Gasteiger partial charge is 0.270 e. The van der Waals surface area contributed by atoms with Crippen LogP contribution in [0.5, 0.6) is 0 Å². The molecule has 3 N–H and O–H groups in total. The highest BCUT2D eigenvalue weighted by Crippen LogP contribution is 2.24. The number of nitrogens with two attached hydrogens (primary N) is 1. The first-order valence-corrected chi connectivity index (χ1v) is 6.15. The molecule has 1 aromatic heterocycles. The number of hydrogen-bond acceptors (Lipinski definition) is 3. The van der Waals surface area contributed by atoms with Gasteiger partial charge in [-0.1, -0.05) is 12.5 Å². The van der Waals surface area contributed by atoms with Crippen LogP contribution in [0, 0.1) is 12.8 Å². The third kappa shape index (κ3) is 2.64. The Morgan fingerprint density at radius 3 is 3.12 bits per heavy atom. The molecule has 1 aliphatic rings. The summed E-state index contributed by atoms with van der Waals surface area (Å²) in [4.78, 5) is 16.2. The first kappa shape index (κ1) is 12.0. The molecular formula is C13H19N3O. The van der Waals surface area contributed by atoms with Crippen LogP contribution in [0.4, 0.5) is 0 Å². The lowest BCUT2D eigenvalue weighted by Crippen LogP contribution is -2.40. The average molecular weight is 233 g/mol. The van der Waals surface area contributed by atoms with Gasteiger partial charge in [-0.25, -0.2) is 0 Å². The lowest BCUT2D eigenvalue weighted by Gasteiger charge is -2.19. The van der Waals surface area contributed by atoms with Crippen molar-refractivity contribution in [3.05, 3.63) is 29.6 Å². The van der Waals surface area contributed by atoms with Crippen LogP contribution in [-0.2, 0) is 0 Å². The fourth-order valence-electron chi connectivity index (χ4n) is 2.47. The minimum absolute atomic E-state index is 0.0755. The van der Waals surface area contributed by atoms with Gasteiger partial charge in [0.25, 0.3) is 5.91 Å². The summed E-state index contributed by atoms with van der Waals surface area (Å²) < 4.78 is 0. The van der Waals surface area contributed by atoms with Crippen LogP contribution in [0.15, 0.2) is 18.3 Å². The van der Waals surface area contributed by atoms with E-state index in [0.717, 1.165) is 24.8 Å². The topological polar surface area (TPSA) is 68.0 Å². The molecule has 0 spiro atoms. The number of aryl methyl sites for hydroxylation is 1. The minimum atomic E-state index is -0.0755. The lowest BCUT2D eigenvalue weighted by molar-refractivity contribution is 0.0923. The van der Waals surface area contributed by atoms with Crippen molar-refractivity contribution in [2.75, 3.05) is 6.54 Å². The highest BCUT2D eigenvalue weighted by Gasteiger charge is 2.28. The van der Waals surface area contributed by atoms with Crippen LogP contribution in [0.2, 0.25) is 0 Å². The molecular weight excluding hydrogens is 214 g/mol. The second-order valence-electron chi connectivity index (χ2n) is 4.68. The zero-order valence-electron chi connectivity index (χ0n) is 10.1. The maximum Gasteiger partial charge on any atom is 0.270 e. The van der Waals surface area contributed by atoms with E-state index in [-0.39, 0.29) is 11.9 Å². The normalized spacial score (nSPS) is 23.6. The van der Waals surface area contributed by atoms with Gasteiger partial charge in [0, 0.05) is 12.2 Å². The van der Waals surface area contributed by atoms with Crippen molar-refractivity contribution in [2.24, 2.45) is 11.7 Å². The van der Waals surface area contributed by atoms with E-state index in [1.54, 1.807) is 6.20 Å². The third-order valence-electron chi connectivity index (χ3n) is 3.50. The van der Waals surface area contributed by atoms with E-state index >= 15 is 0 Å². The summed E-state index contributed by atoms with van der Waals surface area (Å²) in [5.41, 5.74) is 7.13. The van der Waals surface area contributed by atoms with E-state index in [1.165, 1.54) is 0 Å². The third-order valence-corrected chi connectivity index (χ3v) is 3.50. The highest BCUT2D eigenvalue weighted by atomic mass is 16.1. The summed E-state index contributed by atoms with van der Waals surface area (Å²) in [6, 6.07) is 3.95. The van der Waals surface area contributed by atoms with Crippen molar-refractivity contribution >= 4 is 5.91 Å². The van der Waals surface area contributed by atoms with E-state index < -0.39 is 0 Å². The van der Waals surface area contributed by atoms with Gasteiger partial charge in [0.2, 0.25) is 0 Å². The Morgan fingerprint density at radius 1 is 1.59 bits per heavy atom. The molecule has 17 heavy (non-hydrogen) atoms. The quantitative estimate of drug-likeness (QED) is 0.825. The van der Waals surface area contributed by atoms with Crippen LogP contribution in [0.25, 0.3) is 0 Å². The highest BCUT2D eigenvalue weighted by molar-refractivity contribution is 5.93. The largest absolute Gasteiger partial charge is 0.348 e. The fourth-order valence-corrected chi connectivity index (χ4v) is 2.47. The van der Waals surface area contributed by atoms with Gasteiger partial charge >= 0.3 is 0 Å². The number of aromatic nitrogens is 1. The van der Waals surface area contributed by atoms with Crippen LogP contribution in [0.3, 0.4) is 0 Å². The molecule has 1 fully saturated rings. The monoisotopic (exact) mass is 233 g/mol. The lowest BCUT2D eigenvalue weighted by atomic mass is 10.0. The Bertz CT molecular complexity index is 405. The van der Waals surface area contributed by atoms with Gasteiger partial charge in [0.1, 0.15) is 5.69 Å². The second kappa shape index (κ2) is 5.27. The Kier molecular flexibility index (Phi) is 3.74.